The fraction of sp³-hybridized carbons (Fsp3) is 0.423. The lowest BCUT2D eigenvalue weighted by molar-refractivity contribution is 0.104. The Hall–Kier alpha value is -2.75. The molecule has 0 radical (unpaired) electrons. The minimum Gasteiger partial charge on any atom is -0.488 e. The van der Waals surface area contributed by atoms with Gasteiger partial charge in [-0.05, 0) is 96.0 Å². The van der Waals surface area contributed by atoms with Crippen molar-refractivity contribution in [1.82, 2.24) is 0 Å². The van der Waals surface area contributed by atoms with Crippen molar-refractivity contribution in [1.29, 1.82) is 0 Å². The first-order valence-electron chi connectivity index (χ1n) is 10.5. The van der Waals surface area contributed by atoms with Crippen LogP contribution in [0.2, 0.25) is 0 Å². The van der Waals surface area contributed by atoms with Crippen LogP contribution in [0.4, 0.5) is 5.69 Å². The third-order valence-corrected chi connectivity index (χ3v) is 4.15. The van der Waals surface area contributed by atoms with Crippen LogP contribution in [-0.4, -0.2) is 17.0 Å². The highest BCUT2D eigenvalue weighted by Gasteiger charge is 2.20. The van der Waals surface area contributed by atoms with Gasteiger partial charge in [0.15, 0.2) is 5.78 Å². The monoisotopic (exact) mass is 409 g/mol. The Morgan fingerprint density at radius 3 is 2.03 bits per heavy atom. The highest BCUT2D eigenvalue weighted by molar-refractivity contribution is 6.07. The highest BCUT2D eigenvalue weighted by Crippen LogP contribution is 2.35. The molecular formula is C26H35NO3. The van der Waals surface area contributed by atoms with Crippen LogP contribution in [0.3, 0.4) is 0 Å². The summed E-state index contributed by atoms with van der Waals surface area (Å²) < 4.78 is 12.4. The lowest BCUT2D eigenvalue weighted by atomic mass is 10.0. The van der Waals surface area contributed by atoms with Gasteiger partial charge in [-0.25, -0.2) is 0 Å². The smallest absolute Gasteiger partial charge is 0.185 e. The van der Waals surface area contributed by atoms with Gasteiger partial charge in [-0.15, -0.1) is 0 Å². The zero-order chi connectivity index (χ0) is 22.5. The second-order valence-electron chi connectivity index (χ2n) is 9.50. The lowest BCUT2D eigenvalue weighted by Gasteiger charge is -2.27. The molecule has 0 saturated carbocycles. The van der Waals surface area contributed by atoms with Gasteiger partial charge in [-0.1, -0.05) is 13.3 Å². The average Bonchev–Trinajstić information content (AvgIpc) is 2.60. The number of ketones is 1. The Labute approximate surface area is 181 Å². The number of hydrogen-bond donors (Lipinski definition) is 1. The van der Waals surface area contributed by atoms with E-state index >= 15 is 0 Å². The largest absolute Gasteiger partial charge is 0.488 e. The molecule has 162 valence electrons. The molecule has 0 bridgehead atoms. The number of nitrogens with two attached hydrogens (primary N) is 1. The van der Waals surface area contributed by atoms with Crippen LogP contribution in [0.25, 0.3) is 6.08 Å². The number of allylic oxidation sites excluding steroid dienone is 1. The summed E-state index contributed by atoms with van der Waals surface area (Å²) in [5.41, 5.74) is 8.22. The third kappa shape index (κ3) is 7.25. The van der Waals surface area contributed by atoms with Crippen molar-refractivity contribution in [3.8, 4) is 11.5 Å². The molecule has 0 heterocycles. The Kier molecular flexibility index (Phi) is 7.35. The van der Waals surface area contributed by atoms with Crippen LogP contribution >= 0.6 is 0 Å². The molecule has 0 saturated heterocycles. The van der Waals surface area contributed by atoms with Crippen LogP contribution in [0.5, 0.6) is 11.5 Å². The van der Waals surface area contributed by atoms with Gasteiger partial charge in [0.2, 0.25) is 0 Å². The van der Waals surface area contributed by atoms with E-state index in [1.165, 1.54) is 0 Å². The molecular weight excluding hydrogens is 374 g/mol. The number of rotatable bonds is 7. The molecule has 4 nitrogen and oxygen atoms in total. The second-order valence-corrected chi connectivity index (χ2v) is 9.50. The van der Waals surface area contributed by atoms with Crippen LogP contribution in [-0.2, 0) is 6.42 Å². The molecule has 0 aliphatic rings. The third-order valence-electron chi connectivity index (χ3n) is 4.15. The molecule has 0 fully saturated rings. The zero-order valence-corrected chi connectivity index (χ0v) is 19.3. The summed E-state index contributed by atoms with van der Waals surface area (Å²) >= 11 is 0. The van der Waals surface area contributed by atoms with Gasteiger partial charge in [0.05, 0.1) is 0 Å². The number of nitrogen functional groups attached to an aromatic ring is 1. The lowest BCUT2D eigenvalue weighted by Crippen LogP contribution is -2.25. The fourth-order valence-corrected chi connectivity index (χ4v) is 2.97. The second kappa shape index (κ2) is 9.38. The Morgan fingerprint density at radius 2 is 1.50 bits per heavy atom. The molecule has 0 aromatic heterocycles. The van der Waals surface area contributed by atoms with Gasteiger partial charge in [-0.3, -0.25) is 4.79 Å². The van der Waals surface area contributed by atoms with Crippen LogP contribution < -0.4 is 15.2 Å². The minimum absolute atomic E-state index is 0.0798. The Bertz CT molecular complexity index is 898. The summed E-state index contributed by atoms with van der Waals surface area (Å²) in [6.07, 6.45) is 5.28. The topological polar surface area (TPSA) is 61.6 Å². The molecule has 0 atom stereocenters. The maximum absolute atomic E-state index is 12.6. The molecule has 0 unspecified atom stereocenters. The van der Waals surface area contributed by atoms with Crippen molar-refractivity contribution in [3.63, 3.8) is 0 Å². The zero-order valence-electron chi connectivity index (χ0n) is 19.3. The van der Waals surface area contributed by atoms with E-state index in [2.05, 4.69) is 13.0 Å². The van der Waals surface area contributed by atoms with E-state index in [1.807, 2.05) is 53.7 Å². The standard InChI is InChI=1S/C26H35NO3/c1-8-9-19-16-20(12-15-22(28)18-10-13-21(27)14-11-18)24(30-26(5,6)7)17-23(19)29-25(2,3)4/h10-17H,8-9,27H2,1-7H3/b15-12+. The van der Waals surface area contributed by atoms with E-state index in [9.17, 15) is 4.79 Å². The predicted octanol–water partition coefficient (Wildman–Crippen LogP) is 6.47. The van der Waals surface area contributed by atoms with Crippen LogP contribution in [0.1, 0.15) is 76.4 Å². The first-order chi connectivity index (χ1) is 13.9. The number of anilines is 1. The van der Waals surface area contributed by atoms with Crippen LogP contribution in [0.15, 0.2) is 42.5 Å². The predicted molar refractivity (Wildman–Crippen MR) is 125 cm³/mol. The van der Waals surface area contributed by atoms with E-state index in [-0.39, 0.29) is 17.0 Å². The molecule has 4 heteroatoms. The first-order valence-corrected chi connectivity index (χ1v) is 10.5. The van der Waals surface area contributed by atoms with Gasteiger partial charge in [0.25, 0.3) is 0 Å². The molecule has 30 heavy (non-hydrogen) atoms. The molecule has 2 rings (SSSR count). The Morgan fingerprint density at radius 1 is 0.933 bits per heavy atom. The van der Waals surface area contributed by atoms with Crippen LogP contribution in [0, 0.1) is 0 Å². The quantitative estimate of drug-likeness (QED) is 0.323. The van der Waals surface area contributed by atoms with Gasteiger partial charge in [-0.2, -0.15) is 0 Å². The summed E-state index contributed by atoms with van der Waals surface area (Å²) in [5, 5.41) is 0. The van der Waals surface area contributed by atoms with Crippen molar-refractivity contribution in [3.05, 3.63) is 59.2 Å². The maximum Gasteiger partial charge on any atom is 0.185 e. The summed E-state index contributed by atoms with van der Waals surface area (Å²) in [6.45, 7) is 14.3. The first kappa shape index (κ1) is 23.5. The van der Waals surface area contributed by atoms with E-state index in [0.717, 1.165) is 29.7 Å². The van der Waals surface area contributed by atoms with Crippen molar-refractivity contribution < 1.29 is 14.3 Å². The molecule has 2 aromatic carbocycles. The van der Waals surface area contributed by atoms with Crippen molar-refractivity contribution in [2.75, 3.05) is 5.73 Å². The highest BCUT2D eigenvalue weighted by atomic mass is 16.5. The molecule has 2 N–H and O–H groups in total. The van der Waals surface area contributed by atoms with Gasteiger partial charge in [0.1, 0.15) is 22.7 Å². The molecule has 0 amide bonds. The number of hydrogen-bond acceptors (Lipinski definition) is 4. The summed E-state index contributed by atoms with van der Waals surface area (Å²) in [6, 6.07) is 10.9. The number of aryl methyl sites for hydroxylation is 1. The van der Waals surface area contributed by atoms with Gasteiger partial charge < -0.3 is 15.2 Å². The van der Waals surface area contributed by atoms with Crippen molar-refractivity contribution >= 4 is 17.5 Å². The SMILES string of the molecule is CCCc1cc(/C=C/C(=O)c2ccc(N)cc2)c(OC(C)(C)C)cc1OC(C)(C)C. The normalized spacial score (nSPS) is 12.2. The minimum atomic E-state index is -0.380. The summed E-state index contributed by atoms with van der Waals surface area (Å²) in [7, 11) is 0. The van der Waals surface area contributed by atoms with E-state index in [4.69, 9.17) is 15.2 Å². The fourth-order valence-electron chi connectivity index (χ4n) is 2.97. The van der Waals surface area contributed by atoms with Gasteiger partial charge >= 0.3 is 0 Å². The molecule has 0 aliphatic carbocycles. The molecule has 0 spiro atoms. The average molecular weight is 410 g/mol. The van der Waals surface area contributed by atoms with E-state index < -0.39 is 0 Å². The van der Waals surface area contributed by atoms with Crippen molar-refractivity contribution in [2.45, 2.75) is 72.5 Å². The maximum atomic E-state index is 12.6. The van der Waals surface area contributed by atoms with E-state index in [0.29, 0.717) is 17.0 Å². The number of ether oxygens (including phenoxy) is 2. The Balaban J connectivity index is 2.47. The van der Waals surface area contributed by atoms with Gasteiger partial charge in [0, 0.05) is 22.9 Å². The summed E-state index contributed by atoms with van der Waals surface area (Å²) in [4.78, 5) is 12.6. The molecule has 2 aromatic rings. The van der Waals surface area contributed by atoms with E-state index in [1.54, 1.807) is 30.3 Å². The number of carbonyl (C=O) groups excluding carboxylic acids is 1. The molecule has 0 aliphatic heterocycles. The number of carbonyl (C=O) groups is 1. The van der Waals surface area contributed by atoms with Crippen molar-refractivity contribution in [2.24, 2.45) is 0 Å². The summed E-state index contributed by atoms with van der Waals surface area (Å²) in [5.74, 6) is 1.44. The number of benzene rings is 2.